The van der Waals surface area contributed by atoms with Crippen molar-refractivity contribution in [2.45, 2.75) is 4.83 Å². The first-order valence-corrected chi connectivity index (χ1v) is 2.73. The lowest BCUT2D eigenvalue weighted by atomic mass is 10.5. The van der Waals surface area contributed by atoms with Crippen LogP contribution in [0.4, 0.5) is 0 Å². The van der Waals surface area contributed by atoms with E-state index in [1.54, 1.807) is 6.21 Å². The van der Waals surface area contributed by atoms with Crippen molar-refractivity contribution in [3.05, 3.63) is 0 Å². The van der Waals surface area contributed by atoms with Gasteiger partial charge in [0.15, 0.2) is 0 Å². The van der Waals surface area contributed by atoms with Crippen LogP contribution in [0.5, 0.6) is 0 Å². The Hall–Kier alpha value is -0.380. The molecule has 0 bridgehead atoms. The summed E-state index contributed by atoms with van der Waals surface area (Å²) in [4.78, 5) is 0.0625. The fraction of sp³-hybridized carbons (Fsp3) is 0.333. The molecule has 2 N–H and O–H groups in total. The maximum atomic E-state index is 5.26. The minimum atomic E-state index is 0.0625. The van der Waals surface area contributed by atoms with Gasteiger partial charge in [0.25, 0.3) is 0 Å². The first kappa shape index (κ1) is 4.77. The average molecular weight is 162 g/mol. The molecule has 0 spiro atoms. The summed E-state index contributed by atoms with van der Waals surface area (Å²) >= 11 is 3.20. The first-order chi connectivity index (χ1) is 3.30. The molecule has 0 saturated carbocycles. The van der Waals surface area contributed by atoms with Crippen LogP contribution in [0.2, 0.25) is 0 Å². The molecule has 7 heavy (non-hydrogen) atoms. The van der Waals surface area contributed by atoms with Gasteiger partial charge in [-0.15, -0.1) is 5.10 Å². The van der Waals surface area contributed by atoms with Gasteiger partial charge in [-0.1, -0.05) is 15.9 Å². The van der Waals surface area contributed by atoms with E-state index in [-0.39, 0.29) is 4.83 Å². The van der Waals surface area contributed by atoms with Gasteiger partial charge in [0.1, 0.15) is 10.7 Å². The molecule has 0 fully saturated rings. The Morgan fingerprint density at radius 1 is 1.86 bits per heavy atom. The van der Waals surface area contributed by atoms with Crippen LogP contribution < -0.4 is 5.73 Å². The van der Waals surface area contributed by atoms with Crippen LogP contribution >= 0.6 is 15.9 Å². The maximum absolute atomic E-state index is 5.26. The van der Waals surface area contributed by atoms with Crippen LogP contribution in [-0.4, -0.2) is 16.9 Å². The van der Waals surface area contributed by atoms with Crippen LogP contribution in [0, 0.1) is 0 Å². The number of hydrogen-bond acceptors (Lipinski definition) is 3. The van der Waals surface area contributed by atoms with Crippen molar-refractivity contribution in [3.63, 3.8) is 0 Å². The van der Waals surface area contributed by atoms with Crippen LogP contribution in [0.3, 0.4) is 0 Å². The number of halogens is 1. The average Bonchev–Trinajstić information content (AvgIpc) is 1.91. The van der Waals surface area contributed by atoms with Crippen molar-refractivity contribution in [3.8, 4) is 0 Å². The lowest BCUT2D eigenvalue weighted by Crippen LogP contribution is -2.20. The van der Waals surface area contributed by atoms with Gasteiger partial charge < -0.3 is 5.73 Å². The predicted octanol–water partition coefficient (Wildman–Crippen LogP) is 0.107. The van der Waals surface area contributed by atoms with E-state index in [1.807, 2.05) is 0 Å². The topological polar surface area (TPSA) is 50.7 Å². The second kappa shape index (κ2) is 1.61. The predicted molar refractivity (Wildman–Crippen MR) is 32.8 cm³/mol. The number of nitrogens with zero attached hydrogens (tertiary/aromatic N) is 2. The molecule has 0 radical (unpaired) electrons. The number of alkyl halides is 1. The SMILES string of the molecule is NC1=NN=C[C@@H]1Br. The van der Waals surface area contributed by atoms with E-state index in [0.717, 1.165) is 0 Å². The van der Waals surface area contributed by atoms with Crippen molar-refractivity contribution in [1.29, 1.82) is 0 Å². The van der Waals surface area contributed by atoms with E-state index in [9.17, 15) is 0 Å². The second-order valence-electron chi connectivity index (χ2n) is 1.19. The Bertz CT molecular complexity index is 128. The van der Waals surface area contributed by atoms with Gasteiger partial charge in [-0.3, -0.25) is 0 Å². The molecule has 0 amide bonds. The monoisotopic (exact) mass is 161 g/mol. The summed E-state index contributed by atoms with van der Waals surface area (Å²) < 4.78 is 0. The molecule has 0 aromatic rings. The third-order valence-electron chi connectivity index (χ3n) is 0.653. The fourth-order valence-corrected chi connectivity index (χ4v) is 0.487. The summed E-state index contributed by atoms with van der Waals surface area (Å²) in [5, 5.41) is 7.07. The molecule has 1 aliphatic heterocycles. The van der Waals surface area contributed by atoms with Gasteiger partial charge in [0, 0.05) is 6.21 Å². The van der Waals surface area contributed by atoms with E-state index in [4.69, 9.17) is 5.73 Å². The molecule has 1 atom stereocenters. The molecule has 1 aliphatic rings. The zero-order valence-electron chi connectivity index (χ0n) is 3.50. The highest BCUT2D eigenvalue weighted by Crippen LogP contribution is 2.01. The fourth-order valence-electron chi connectivity index (χ4n) is 0.290. The molecule has 1 heterocycles. The van der Waals surface area contributed by atoms with Gasteiger partial charge in [0.05, 0.1) is 0 Å². The van der Waals surface area contributed by atoms with E-state index in [1.165, 1.54) is 0 Å². The molecule has 4 heteroatoms. The first-order valence-electron chi connectivity index (χ1n) is 1.81. The van der Waals surface area contributed by atoms with Crippen molar-refractivity contribution in [1.82, 2.24) is 0 Å². The Morgan fingerprint density at radius 2 is 2.57 bits per heavy atom. The van der Waals surface area contributed by atoms with Crippen LogP contribution in [0.15, 0.2) is 10.2 Å². The molecular formula is C3H4BrN3. The van der Waals surface area contributed by atoms with E-state index in [0.29, 0.717) is 5.84 Å². The number of nitrogens with two attached hydrogens (primary N) is 1. The van der Waals surface area contributed by atoms with E-state index < -0.39 is 0 Å². The summed E-state index contributed by atoms with van der Waals surface area (Å²) in [7, 11) is 0. The zero-order valence-corrected chi connectivity index (χ0v) is 5.09. The highest BCUT2D eigenvalue weighted by Gasteiger charge is 2.08. The van der Waals surface area contributed by atoms with E-state index >= 15 is 0 Å². The zero-order chi connectivity index (χ0) is 5.28. The molecule has 3 nitrogen and oxygen atoms in total. The number of rotatable bonds is 0. The Labute approximate surface area is 49.4 Å². The minimum Gasteiger partial charge on any atom is -0.384 e. The summed E-state index contributed by atoms with van der Waals surface area (Å²) in [6, 6.07) is 0. The van der Waals surface area contributed by atoms with Gasteiger partial charge in [0.2, 0.25) is 0 Å². The van der Waals surface area contributed by atoms with Crippen LogP contribution in [0.25, 0.3) is 0 Å². The lowest BCUT2D eigenvalue weighted by molar-refractivity contribution is 1.27. The van der Waals surface area contributed by atoms with Crippen molar-refractivity contribution < 1.29 is 0 Å². The summed E-state index contributed by atoms with van der Waals surface area (Å²) in [6.07, 6.45) is 1.63. The quantitative estimate of drug-likeness (QED) is 0.504. The number of amidine groups is 1. The maximum Gasteiger partial charge on any atom is 0.141 e. The molecule has 0 aliphatic carbocycles. The highest BCUT2D eigenvalue weighted by atomic mass is 79.9. The van der Waals surface area contributed by atoms with Crippen molar-refractivity contribution in [2.24, 2.45) is 15.9 Å². The summed E-state index contributed by atoms with van der Waals surface area (Å²) in [5.41, 5.74) is 5.26. The summed E-state index contributed by atoms with van der Waals surface area (Å²) in [6.45, 7) is 0. The third kappa shape index (κ3) is 0.796. The lowest BCUT2D eigenvalue weighted by Gasteiger charge is -1.89. The van der Waals surface area contributed by atoms with Gasteiger partial charge >= 0.3 is 0 Å². The Kier molecular flexibility index (Phi) is 1.10. The van der Waals surface area contributed by atoms with Crippen LogP contribution in [-0.2, 0) is 0 Å². The molecular weight excluding hydrogens is 158 g/mol. The van der Waals surface area contributed by atoms with Crippen molar-refractivity contribution in [2.75, 3.05) is 0 Å². The molecule has 0 unspecified atom stereocenters. The Balaban J connectivity index is 2.69. The second-order valence-corrected chi connectivity index (χ2v) is 2.18. The standard InChI is InChI=1S/C3H4BrN3/c4-2-1-6-7-3(2)5/h1-2H,(H2,5,7)/t2-/m0/s1. The third-order valence-corrected chi connectivity index (χ3v) is 1.36. The molecule has 0 aromatic carbocycles. The smallest absolute Gasteiger partial charge is 0.141 e. The van der Waals surface area contributed by atoms with Gasteiger partial charge in [-0.25, -0.2) is 0 Å². The van der Waals surface area contributed by atoms with Gasteiger partial charge in [-0.2, -0.15) is 5.10 Å². The van der Waals surface area contributed by atoms with Crippen molar-refractivity contribution >= 4 is 28.0 Å². The largest absolute Gasteiger partial charge is 0.384 e. The molecule has 38 valence electrons. The highest BCUT2D eigenvalue weighted by molar-refractivity contribution is 9.10. The normalized spacial score (nSPS) is 28.1. The molecule has 1 rings (SSSR count). The Morgan fingerprint density at radius 3 is 2.71 bits per heavy atom. The summed E-state index contributed by atoms with van der Waals surface area (Å²) in [5.74, 6) is 0.528. The number of hydrogen-bond donors (Lipinski definition) is 1. The van der Waals surface area contributed by atoms with E-state index in [2.05, 4.69) is 26.1 Å². The van der Waals surface area contributed by atoms with Crippen LogP contribution in [0.1, 0.15) is 0 Å². The van der Waals surface area contributed by atoms with Gasteiger partial charge in [-0.05, 0) is 0 Å². The minimum absolute atomic E-state index is 0.0625. The molecule has 0 saturated heterocycles. The molecule has 0 aromatic heterocycles.